The molecule has 1 rings (SSSR count). The summed E-state index contributed by atoms with van der Waals surface area (Å²) in [4.78, 5) is 0. The summed E-state index contributed by atoms with van der Waals surface area (Å²) in [7, 11) is -1.68. The lowest BCUT2D eigenvalue weighted by Gasteiger charge is -2.28. The van der Waals surface area contributed by atoms with Gasteiger partial charge in [0.05, 0.1) is 17.6 Å². The highest BCUT2D eigenvalue weighted by molar-refractivity contribution is 7.91. The second-order valence-corrected chi connectivity index (χ2v) is 5.19. The predicted molar refractivity (Wildman–Crippen MR) is 43.2 cm³/mol. The van der Waals surface area contributed by atoms with Gasteiger partial charge in [0.25, 0.3) is 0 Å². The monoisotopic (exact) mass is 189 g/mol. The SMILES string of the molecule is COC1(C#N)CCCS(=O)(=O)C1. The van der Waals surface area contributed by atoms with Gasteiger partial charge < -0.3 is 4.74 Å². The maximum Gasteiger partial charge on any atom is 0.167 e. The van der Waals surface area contributed by atoms with E-state index in [2.05, 4.69) is 0 Å². The smallest absolute Gasteiger partial charge is 0.167 e. The number of rotatable bonds is 1. The molecule has 0 spiro atoms. The summed E-state index contributed by atoms with van der Waals surface area (Å²) in [5.74, 6) is 0.0206. The van der Waals surface area contributed by atoms with Crippen molar-refractivity contribution in [2.75, 3.05) is 18.6 Å². The molecule has 12 heavy (non-hydrogen) atoms. The molecule has 0 aromatic rings. The van der Waals surface area contributed by atoms with Gasteiger partial charge in [0.1, 0.15) is 0 Å². The van der Waals surface area contributed by atoms with Gasteiger partial charge in [-0.15, -0.1) is 0 Å². The molecule has 0 N–H and O–H groups in total. The topological polar surface area (TPSA) is 67.2 Å². The van der Waals surface area contributed by atoms with Gasteiger partial charge in [-0.1, -0.05) is 0 Å². The molecule has 4 nitrogen and oxygen atoms in total. The minimum atomic E-state index is -3.06. The zero-order chi connectivity index (χ0) is 9.24. The minimum absolute atomic E-state index is 0.160. The van der Waals surface area contributed by atoms with Gasteiger partial charge in [-0.05, 0) is 12.8 Å². The van der Waals surface area contributed by atoms with E-state index in [9.17, 15) is 8.42 Å². The van der Waals surface area contributed by atoms with Crippen LogP contribution in [0.25, 0.3) is 0 Å². The van der Waals surface area contributed by atoms with Crippen LogP contribution in [0.5, 0.6) is 0 Å². The van der Waals surface area contributed by atoms with E-state index in [0.29, 0.717) is 12.8 Å². The third-order valence-corrected chi connectivity index (χ3v) is 3.90. The molecule has 5 heteroatoms. The first-order chi connectivity index (χ1) is 5.54. The molecule has 1 aliphatic heterocycles. The summed E-state index contributed by atoms with van der Waals surface area (Å²) in [6.07, 6.45) is 1.03. The number of hydrogen-bond donors (Lipinski definition) is 0. The van der Waals surface area contributed by atoms with Crippen LogP contribution in [0, 0.1) is 11.3 Å². The van der Waals surface area contributed by atoms with Crippen LogP contribution >= 0.6 is 0 Å². The highest BCUT2D eigenvalue weighted by Gasteiger charge is 2.39. The molecule has 1 atom stereocenters. The largest absolute Gasteiger partial charge is 0.362 e. The fourth-order valence-electron chi connectivity index (χ4n) is 1.37. The Kier molecular flexibility index (Phi) is 2.40. The highest BCUT2D eigenvalue weighted by atomic mass is 32.2. The van der Waals surface area contributed by atoms with Gasteiger partial charge in [-0.2, -0.15) is 5.26 Å². The molecule has 0 saturated carbocycles. The number of nitrogens with zero attached hydrogens (tertiary/aromatic N) is 1. The van der Waals surface area contributed by atoms with Crippen LogP contribution in [0.15, 0.2) is 0 Å². The van der Waals surface area contributed by atoms with Crippen molar-refractivity contribution in [3.8, 4) is 6.07 Å². The van der Waals surface area contributed by atoms with E-state index < -0.39 is 15.4 Å². The molecular formula is C7H11NO3S. The van der Waals surface area contributed by atoms with Gasteiger partial charge in [0.15, 0.2) is 15.4 Å². The summed E-state index contributed by atoms with van der Waals surface area (Å²) in [6, 6.07) is 1.92. The van der Waals surface area contributed by atoms with Crippen molar-refractivity contribution in [3.05, 3.63) is 0 Å². The third kappa shape index (κ3) is 1.76. The van der Waals surface area contributed by atoms with Crippen LogP contribution in [0.2, 0.25) is 0 Å². The molecule has 1 unspecified atom stereocenters. The molecule has 0 bridgehead atoms. The van der Waals surface area contributed by atoms with Crippen molar-refractivity contribution in [1.82, 2.24) is 0 Å². The van der Waals surface area contributed by atoms with Crippen molar-refractivity contribution >= 4 is 9.84 Å². The lowest BCUT2D eigenvalue weighted by Crippen LogP contribution is -2.42. The van der Waals surface area contributed by atoms with Gasteiger partial charge in [0.2, 0.25) is 0 Å². The van der Waals surface area contributed by atoms with Crippen LogP contribution < -0.4 is 0 Å². The zero-order valence-corrected chi connectivity index (χ0v) is 7.73. The van der Waals surface area contributed by atoms with E-state index in [1.54, 1.807) is 0 Å². The molecule has 1 aliphatic rings. The summed E-state index contributed by atoms with van der Waals surface area (Å²) in [6.45, 7) is 0. The lowest BCUT2D eigenvalue weighted by atomic mass is 10.0. The van der Waals surface area contributed by atoms with Gasteiger partial charge >= 0.3 is 0 Å². The Balaban J connectivity index is 2.89. The standard InChI is InChI=1S/C7H11NO3S/c1-11-7(5-8)3-2-4-12(9,10)6-7/h2-4,6H2,1H3. The van der Waals surface area contributed by atoms with Gasteiger partial charge in [-0.25, -0.2) is 8.42 Å². The Bertz CT molecular complexity index is 303. The Morgan fingerprint density at radius 2 is 2.25 bits per heavy atom. The van der Waals surface area contributed by atoms with Crippen molar-refractivity contribution in [2.45, 2.75) is 18.4 Å². The minimum Gasteiger partial charge on any atom is -0.362 e. The molecule has 1 fully saturated rings. The van der Waals surface area contributed by atoms with Crippen LogP contribution in [0.4, 0.5) is 0 Å². The number of ether oxygens (including phenoxy) is 1. The van der Waals surface area contributed by atoms with E-state index in [4.69, 9.17) is 10.00 Å². The van der Waals surface area contributed by atoms with Gasteiger partial charge in [-0.3, -0.25) is 0 Å². The second-order valence-electron chi connectivity index (χ2n) is 3.01. The number of hydrogen-bond acceptors (Lipinski definition) is 4. The first kappa shape index (κ1) is 9.49. The Morgan fingerprint density at radius 3 is 2.58 bits per heavy atom. The molecule has 0 aliphatic carbocycles. The summed E-state index contributed by atoms with van der Waals surface area (Å²) >= 11 is 0. The van der Waals surface area contributed by atoms with Crippen molar-refractivity contribution in [2.24, 2.45) is 0 Å². The predicted octanol–water partition coefficient (Wildman–Crippen LogP) is 0.104. The molecule has 0 aromatic heterocycles. The molecule has 1 heterocycles. The first-order valence-corrected chi connectivity index (χ1v) is 5.53. The van der Waals surface area contributed by atoms with E-state index in [1.807, 2.05) is 6.07 Å². The molecule has 0 aromatic carbocycles. The average molecular weight is 189 g/mol. The Labute approximate surface area is 72.1 Å². The first-order valence-electron chi connectivity index (χ1n) is 3.70. The molecule has 0 radical (unpaired) electrons. The number of sulfone groups is 1. The normalized spacial score (nSPS) is 34.0. The fourth-order valence-corrected chi connectivity index (χ4v) is 3.14. The van der Waals surface area contributed by atoms with E-state index >= 15 is 0 Å². The lowest BCUT2D eigenvalue weighted by molar-refractivity contribution is 0.0473. The Hall–Kier alpha value is -0.600. The third-order valence-electron chi connectivity index (χ3n) is 2.08. The van der Waals surface area contributed by atoms with Crippen molar-refractivity contribution in [1.29, 1.82) is 5.26 Å². The maximum absolute atomic E-state index is 11.2. The van der Waals surface area contributed by atoms with Gasteiger partial charge in [0, 0.05) is 7.11 Å². The average Bonchev–Trinajstić information content (AvgIpc) is 2.02. The van der Waals surface area contributed by atoms with E-state index in [-0.39, 0.29) is 11.5 Å². The molecule has 68 valence electrons. The number of methoxy groups -OCH3 is 1. The van der Waals surface area contributed by atoms with Crippen LogP contribution in [-0.4, -0.2) is 32.6 Å². The Morgan fingerprint density at radius 1 is 1.58 bits per heavy atom. The number of nitriles is 1. The summed E-state index contributed by atoms with van der Waals surface area (Å²) in [5.41, 5.74) is -1.09. The fraction of sp³-hybridized carbons (Fsp3) is 0.857. The summed E-state index contributed by atoms with van der Waals surface area (Å²) in [5, 5.41) is 8.73. The van der Waals surface area contributed by atoms with E-state index in [1.165, 1.54) is 7.11 Å². The maximum atomic E-state index is 11.2. The van der Waals surface area contributed by atoms with Crippen LogP contribution in [0.3, 0.4) is 0 Å². The zero-order valence-electron chi connectivity index (χ0n) is 6.91. The highest BCUT2D eigenvalue weighted by Crippen LogP contribution is 2.25. The summed E-state index contributed by atoms with van der Waals surface area (Å²) < 4.78 is 27.2. The van der Waals surface area contributed by atoms with Crippen molar-refractivity contribution in [3.63, 3.8) is 0 Å². The second kappa shape index (κ2) is 3.04. The van der Waals surface area contributed by atoms with Crippen LogP contribution in [0.1, 0.15) is 12.8 Å². The molecular weight excluding hydrogens is 178 g/mol. The molecule has 1 saturated heterocycles. The van der Waals surface area contributed by atoms with Crippen molar-refractivity contribution < 1.29 is 13.2 Å². The van der Waals surface area contributed by atoms with Crippen LogP contribution in [-0.2, 0) is 14.6 Å². The van der Waals surface area contributed by atoms with E-state index in [0.717, 1.165) is 0 Å². The molecule has 0 amide bonds. The quantitative estimate of drug-likeness (QED) is 0.587.